The first-order chi connectivity index (χ1) is 10.7. The van der Waals surface area contributed by atoms with Gasteiger partial charge in [-0.05, 0) is 48.5 Å². The Hall–Kier alpha value is -1.60. The first-order valence-corrected chi connectivity index (χ1v) is 8.47. The number of carbonyl (C=O) groups excluding carboxylic acids is 1. The predicted molar refractivity (Wildman–Crippen MR) is 87.4 cm³/mol. The minimum absolute atomic E-state index is 0.156. The van der Waals surface area contributed by atoms with Gasteiger partial charge in [-0.2, -0.15) is 4.68 Å². The van der Waals surface area contributed by atoms with Crippen LogP contribution >= 0.6 is 23.4 Å². The fraction of sp³-hybridized carbons (Fsp3) is 0.429. The summed E-state index contributed by atoms with van der Waals surface area (Å²) < 4.78 is 1.64. The van der Waals surface area contributed by atoms with Gasteiger partial charge in [-0.15, -0.1) is 5.10 Å². The number of benzene rings is 1. The molecule has 0 atom stereocenters. The molecule has 1 amide bonds. The molecular weight excluding hydrogens is 322 g/mol. The van der Waals surface area contributed by atoms with Crippen molar-refractivity contribution in [2.45, 2.75) is 25.4 Å². The van der Waals surface area contributed by atoms with Gasteiger partial charge >= 0.3 is 0 Å². The monoisotopic (exact) mass is 339 g/mol. The van der Waals surface area contributed by atoms with Crippen molar-refractivity contribution in [1.82, 2.24) is 25.1 Å². The van der Waals surface area contributed by atoms with Gasteiger partial charge in [0, 0.05) is 30.3 Å². The molecule has 0 aliphatic rings. The van der Waals surface area contributed by atoms with Gasteiger partial charge in [0.05, 0.1) is 5.69 Å². The molecule has 0 aliphatic heterocycles. The normalized spacial score (nSPS) is 10.7. The lowest BCUT2D eigenvalue weighted by Crippen LogP contribution is -2.30. The second-order valence-corrected chi connectivity index (χ2v) is 6.01. The van der Waals surface area contributed by atoms with Gasteiger partial charge < -0.3 is 4.90 Å². The van der Waals surface area contributed by atoms with Gasteiger partial charge in [0.2, 0.25) is 11.1 Å². The predicted octanol–water partition coefficient (Wildman–Crippen LogP) is 2.67. The third-order valence-corrected chi connectivity index (χ3v) is 4.35. The molecule has 0 bridgehead atoms. The number of halogens is 1. The van der Waals surface area contributed by atoms with Crippen LogP contribution < -0.4 is 0 Å². The van der Waals surface area contributed by atoms with Crippen LogP contribution in [0.2, 0.25) is 5.02 Å². The van der Waals surface area contributed by atoms with E-state index in [1.807, 2.05) is 30.9 Å². The van der Waals surface area contributed by atoms with Crippen LogP contribution in [0.5, 0.6) is 0 Å². The largest absolute Gasteiger partial charge is 0.343 e. The van der Waals surface area contributed by atoms with Crippen LogP contribution in [0, 0.1) is 0 Å². The highest BCUT2D eigenvalue weighted by Gasteiger charge is 2.12. The maximum atomic E-state index is 12.0. The Balaban J connectivity index is 1.96. The van der Waals surface area contributed by atoms with Crippen molar-refractivity contribution in [3.8, 4) is 5.69 Å². The maximum absolute atomic E-state index is 12.0. The van der Waals surface area contributed by atoms with Crippen molar-refractivity contribution in [2.24, 2.45) is 0 Å². The molecule has 2 rings (SSSR count). The Kier molecular flexibility index (Phi) is 6.21. The zero-order valence-electron chi connectivity index (χ0n) is 12.6. The summed E-state index contributed by atoms with van der Waals surface area (Å²) in [7, 11) is 0. The third kappa shape index (κ3) is 4.20. The quantitative estimate of drug-likeness (QED) is 0.726. The zero-order valence-corrected chi connectivity index (χ0v) is 14.1. The Labute approximate surface area is 138 Å². The van der Waals surface area contributed by atoms with E-state index in [2.05, 4.69) is 15.5 Å². The van der Waals surface area contributed by atoms with Crippen LogP contribution in [0.4, 0.5) is 0 Å². The van der Waals surface area contributed by atoms with Crippen LogP contribution in [0.25, 0.3) is 5.69 Å². The van der Waals surface area contributed by atoms with Crippen LogP contribution in [0.3, 0.4) is 0 Å². The van der Waals surface area contributed by atoms with Crippen molar-refractivity contribution in [3.63, 3.8) is 0 Å². The van der Waals surface area contributed by atoms with E-state index in [0.29, 0.717) is 22.4 Å². The van der Waals surface area contributed by atoms with Crippen molar-refractivity contribution in [3.05, 3.63) is 29.3 Å². The Morgan fingerprint density at radius 2 is 1.95 bits per heavy atom. The smallest absolute Gasteiger partial charge is 0.223 e. The number of thioether (sulfide) groups is 1. The average molecular weight is 340 g/mol. The molecule has 0 spiro atoms. The molecule has 0 aliphatic carbocycles. The summed E-state index contributed by atoms with van der Waals surface area (Å²) in [6, 6.07) is 7.28. The van der Waals surface area contributed by atoms with Crippen LogP contribution in [-0.2, 0) is 4.79 Å². The number of nitrogens with zero attached hydrogens (tertiary/aromatic N) is 5. The lowest BCUT2D eigenvalue weighted by atomic mass is 10.3. The standard InChI is InChI=1S/C14H18ClN5OS/c1-3-19(4-2)13(21)9-10-22-14-16-17-18-20(14)12-7-5-11(15)6-8-12/h5-8H,3-4,9-10H2,1-2H3. The first kappa shape index (κ1) is 16.8. The molecule has 1 aromatic carbocycles. The summed E-state index contributed by atoms with van der Waals surface area (Å²) in [6.07, 6.45) is 0.472. The van der Waals surface area contributed by atoms with Crippen LogP contribution in [0.15, 0.2) is 29.4 Å². The van der Waals surface area contributed by atoms with Gasteiger partial charge in [-0.1, -0.05) is 23.4 Å². The molecule has 0 radical (unpaired) electrons. The van der Waals surface area contributed by atoms with E-state index in [1.54, 1.807) is 16.8 Å². The summed E-state index contributed by atoms with van der Waals surface area (Å²) in [5.74, 6) is 0.798. The molecule has 1 aromatic heterocycles. The van der Waals surface area contributed by atoms with Crippen LogP contribution in [-0.4, -0.2) is 49.9 Å². The highest BCUT2D eigenvalue weighted by atomic mass is 35.5. The fourth-order valence-electron chi connectivity index (χ4n) is 1.98. The number of hydrogen-bond acceptors (Lipinski definition) is 5. The molecule has 2 aromatic rings. The zero-order chi connectivity index (χ0) is 15.9. The molecule has 1 heterocycles. The second-order valence-electron chi connectivity index (χ2n) is 4.51. The summed E-state index contributed by atoms with van der Waals surface area (Å²) in [4.78, 5) is 13.8. The summed E-state index contributed by atoms with van der Waals surface area (Å²) in [6.45, 7) is 5.44. The Morgan fingerprint density at radius 3 is 2.59 bits per heavy atom. The minimum Gasteiger partial charge on any atom is -0.343 e. The highest BCUT2D eigenvalue weighted by Crippen LogP contribution is 2.20. The van der Waals surface area contributed by atoms with Gasteiger partial charge in [0.15, 0.2) is 0 Å². The second kappa shape index (κ2) is 8.14. The van der Waals surface area contributed by atoms with Gasteiger partial charge in [0.1, 0.15) is 0 Å². The molecule has 6 nitrogen and oxygen atoms in total. The molecule has 8 heteroatoms. The van der Waals surface area contributed by atoms with Gasteiger partial charge in [-0.25, -0.2) is 0 Å². The highest BCUT2D eigenvalue weighted by molar-refractivity contribution is 7.99. The van der Waals surface area contributed by atoms with E-state index < -0.39 is 0 Å². The van der Waals surface area contributed by atoms with E-state index in [0.717, 1.165) is 18.8 Å². The molecular formula is C14H18ClN5OS. The molecule has 118 valence electrons. The van der Waals surface area contributed by atoms with Crippen molar-refractivity contribution >= 4 is 29.3 Å². The number of aromatic nitrogens is 4. The average Bonchev–Trinajstić information content (AvgIpc) is 2.98. The fourth-order valence-corrected chi connectivity index (χ4v) is 2.92. The van der Waals surface area contributed by atoms with E-state index in [1.165, 1.54) is 11.8 Å². The van der Waals surface area contributed by atoms with E-state index in [9.17, 15) is 4.79 Å². The SMILES string of the molecule is CCN(CC)C(=O)CCSc1nnnn1-c1ccc(Cl)cc1. The molecule has 0 N–H and O–H groups in total. The number of tetrazole rings is 1. The lowest BCUT2D eigenvalue weighted by molar-refractivity contribution is -0.130. The molecule has 0 saturated carbocycles. The number of rotatable bonds is 7. The number of hydrogen-bond donors (Lipinski definition) is 0. The molecule has 0 fully saturated rings. The topological polar surface area (TPSA) is 63.9 Å². The molecule has 22 heavy (non-hydrogen) atoms. The van der Waals surface area contributed by atoms with Crippen molar-refractivity contribution < 1.29 is 4.79 Å². The summed E-state index contributed by atoms with van der Waals surface area (Å²) >= 11 is 7.35. The van der Waals surface area contributed by atoms with Gasteiger partial charge in [0.25, 0.3) is 0 Å². The Morgan fingerprint density at radius 1 is 1.27 bits per heavy atom. The third-order valence-electron chi connectivity index (χ3n) is 3.18. The maximum Gasteiger partial charge on any atom is 0.223 e. The van der Waals surface area contributed by atoms with Crippen LogP contribution in [0.1, 0.15) is 20.3 Å². The van der Waals surface area contributed by atoms with E-state index in [-0.39, 0.29) is 5.91 Å². The van der Waals surface area contributed by atoms with E-state index in [4.69, 9.17) is 11.6 Å². The Bertz CT molecular complexity index is 612. The van der Waals surface area contributed by atoms with Crippen molar-refractivity contribution in [1.29, 1.82) is 0 Å². The van der Waals surface area contributed by atoms with Gasteiger partial charge in [-0.3, -0.25) is 4.79 Å². The molecule has 0 saturated heterocycles. The lowest BCUT2D eigenvalue weighted by Gasteiger charge is -2.18. The first-order valence-electron chi connectivity index (χ1n) is 7.10. The molecule has 0 unspecified atom stereocenters. The summed E-state index contributed by atoms with van der Waals surface area (Å²) in [5, 5.41) is 13.0. The number of carbonyl (C=O) groups is 1. The minimum atomic E-state index is 0.156. The van der Waals surface area contributed by atoms with E-state index >= 15 is 0 Å². The van der Waals surface area contributed by atoms with Crippen molar-refractivity contribution in [2.75, 3.05) is 18.8 Å². The summed E-state index contributed by atoms with van der Waals surface area (Å²) in [5.41, 5.74) is 0.840. The number of amides is 1.